The standard InChI is InChI=1S/C25H32BrN3OS/c1-3-5-7-9-11-22-19(10-8-6-4-2)17-28-25(23(22)16-27)31-18-24(30)29-21-14-12-20(26)13-15-21/h12-15,17H,3-11,18H2,1-2H3,(H,29,30). The van der Waals surface area contributed by atoms with Gasteiger partial charge in [-0.1, -0.05) is 73.6 Å². The molecule has 2 aromatic rings. The number of unbranched alkanes of at least 4 members (excludes halogenated alkanes) is 5. The summed E-state index contributed by atoms with van der Waals surface area (Å²) in [5.74, 6) is 0.122. The fourth-order valence-electron chi connectivity index (χ4n) is 3.45. The molecule has 0 spiro atoms. The van der Waals surface area contributed by atoms with Crippen LogP contribution in [0.15, 0.2) is 40.0 Å². The van der Waals surface area contributed by atoms with Crippen LogP contribution in [0.2, 0.25) is 0 Å². The molecular formula is C25H32BrN3OS. The number of thioether (sulfide) groups is 1. The van der Waals surface area contributed by atoms with E-state index in [1.54, 1.807) is 0 Å². The van der Waals surface area contributed by atoms with Crippen LogP contribution in [0.4, 0.5) is 5.69 Å². The van der Waals surface area contributed by atoms with E-state index in [1.807, 2.05) is 30.5 Å². The zero-order valence-electron chi connectivity index (χ0n) is 18.5. The smallest absolute Gasteiger partial charge is 0.234 e. The first-order valence-electron chi connectivity index (χ1n) is 11.2. The van der Waals surface area contributed by atoms with Crippen LogP contribution in [0.25, 0.3) is 0 Å². The van der Waals surface area contributed by atoms with Crippen LogP contribution in [-0.2, 0) is 17.6 Å². The third-order valence-corrected chi connectivity index (χ3v) is 6.67. The van der Waals surface area contributed by atoms with Crippen LogP contribution < -0.4 is 5.32 Å². The van der Waals surface area contributed by atoms with Crippen molar-refractivity contribution >= 4 is 39.3 Å². The number of aromatic nitrogens is 1. The van der Waals surface area contributed by atoms with Crippen molar-refractivity contribution in [3.05, 3.63) is 51.6 Å². The summed E-state index contributed by atoms with van der Waals surface area (Å²) in [6.45, 7) is 4.40. The van der Waals surface area contributed by atoms with Crippen molar-refractivity contribution in [1.82, 2.24) is 4.98 Å². The molecule has 0 saturated heterocycles. The highest BCUT2D eigenvalue weighted by Gasteiger charge is 2.16. The second-order valence-electron chi connectivity index (χ2n) is 7.67. The summed E-state index contributed by atoms with van der Waals surface area (Å²) >= 11 is 4.73. The molecule has 0 bridgehead atoms. The Bertz CT molecular complexity index is 878. The average Bonchev–Trinajstić information content (AvgIpc) is 2.77. The molecule has 0 saturated carbocycles. The summed E-state index contributed by atoms with van der Waals surface area (Å²) in [5.41, 5.74) is 3.75. The number of carbonyl (C=O) groups is 1. The third-order valence-electron chi connectivity index (χ3n) is 5.15. The number of hydrogen-bond donors (Lipinski definition) is 1. The summed E-state index contributed by atoms with van der Waals surface area (Å²) < 4.78 is 0.966. The van der Waals surface area contributed by atoms with E-state index >= 15 is 0 Å². The van der Waals surface area contributed by atoms with Gasteiger partial charge in [0.05, 0.1) is 11.3 Å². The Morgan fingerprint density at radius 3 is 2.42 bits per heavy atom. The van der Waals surface area contributed by atoms with E-state index < -0.39 is 0 Å². The van der Waals surface area contributed by atoms with Crippen LogP contribution in [0.5, 0.6) is 0 Å². The number of carbonyl (C=O) groups excluding carboxylic acids is 1. The molecule has 4 nitrogen and oxygen atoms in total. The minimum atomic E-state index is -0.102. The lowest BCUT2D eigenvalue weighted by Crippen LogP contribution is -2.14. The topological polar surface area (TPSA) is 65.8 Å². The van der Waals surface area contributed by atoms with Crippen LogP contribution in [0.3, 0.4) is 0 Å². The summed E-state index contributed by atoms with van der Waals surface area (Å²) in [6, 6.07) is 9.88. The number of halogens is 1. The first-order valence-corrected chi connectivity index (χ1v) is 13.0. The van der Waals surface area contributed by atoms with Crippen LogP contribution in [-0.4, -0.2) is 16.6 Å². The number of benzene rings is 1. The molecule has 0 radical (unpaired) electrons. The number of nitrogens with zero attached hydrogens (tertiary/aromatic N) is 2. The SMILES string of the molecule is CCCCCCc1c(CCCCC)cnc(SCC(=O)Nc2ccc(Br)cc2)c1C#N. The zero-order valence-corrected chi connectivity index (χ0v) is 20.9. The van der Waals surface area contributed by atoms with Gasteiger partial charge in [0.15, 0.2) is 0 Å². The van der Waals surface area contributed by atoms with Crippen LogP contribution in [0.1, 0.15) is 75.5 Å². The monoisotopic (exact) mass is 501 g/mol. The zero-order chi connectivity index (χ0) is 22.5. The first-order chi connectivity index (χ1) is 15.1. The molecular weight excluding hydrogens is 470 g/mol. The number of rotatable bonds is 13. The Hall–Kier alpha value is -1.84. The van der Waals surface area contributed by atoms with Crippen molar-refractivity contribution in [3.63, 3.8) is 0 Å². The molecule has 0 fully saturated rings. The van der Waals surface area contributed by atoms with Gasteiger partial charge in [-0.05, 0) is 61.1 Å². The molecule has 0 aliphatic rings. The molecule has 0 aliphatic heterocycles. The number of aryl methyl sites for hydroxylation is 1. The van der Waals surface area contributed by atoms with Gasteiger partial charge in [0.2, 0.25) is 5.91 Å². The predicted molar refractivity (Wildman–Crippen MR) is 134 cm³/mol. The van der Waals surface area contributed by atoms with Gasteiger partial charge in [-0.15, -0.1) is 0 Å². The van der Waals surface area contributed by atoms with Crippen molar-refractivity contribution < 1.29 is 4.79 Å². The molecule has 0 unspecified atom stereocenters. The van der Waals surface area contributed by atoms with Gasteiger partial charge < -0.3 is 5.32 Å². The van der Waals surface area contributed by atoms with E-state index in [0.717, 1.165) is 41.4 Å². The Balaban J connectivity index is 2.10. The summed E-state index contributed by atoms with van der Waals surface area (Å²) in [7, 11) is 0. The summed E-state index contributed by atoms with van der Waals surface area (Å²) in [4.78, 5) is 17.0. The number of amides is 1. The molecule has 1 heterocycles. The Kier molecular flexibility index (Phi) is 11.7. The highest BCUT2D eigenvalue weighted by molar-refractivity contribution is 9.10. The van der Waals surface area contributed by atoms with E-state index in [9.17, 15) is 10.1 Å². The highest BCUT2D eigenvalue weighted by Crippen LogP contribution is 2.28. The lowest BCUT2D eigenvalue weighted by Gasteiger charge is -2.14. The number of pyridine rings is 1. The lowest BCUT2D eigenvalue weighted by atomic mass is 9.95. The van der Waals surface area contributed by atoms with Gasteiger partial charge in [0.25, 0.3) is 0 Å². The minimum absolute atomic E-state index is 0.102. The molecule has 1 N–H and O–H groups in total. The predicted octanol–water partition coefficient (Wildman–Crippen LogP) is 7.30. The van der Waals surface area contributed by atoms with Crippen molar-refractivity contribution in [3.8, 4) is 6.07 Å². The van der Waals surface area contributed by atoms with E-state index in [0.29, 0.717) is 10.6 Å². The van der Waals surface area contributed by atoms with Crippen LogP contribution >= 0.6 is 27.7 Å². The van der Waals surface area contributed by atoms with Gasteiger partial charge in [0, 0.05) is 16.4 Å². The maximum absolute atomic E-state index is 12.4. The first kappa shape index (κ1) is 25.4. The summed E-state index contributed by atoms with van der Waals surface area (Å²) in [6.07, 6.45) is 12.0. The van der Waals surface area contributed by atoms with Gasteiger partial charge in [0.1, 0.15) is 11.1 Å². The molecule has 6 heteroatoms. The molecule has 0 aliphatic carbocycles. The van der Waals surface area contributed by atoms with Crippen molar-refractivity contribution in [1.29, 1.82) is 5.26 Å². The summed E-state index contributed by atoms with van der Waals surface area (Å²) in [5, 5.41) is 13.5. The van der Waals surface area contributed by atoms with Gasteiger partial charge in [-0.25, -0.2) is 4.98 Å². The van der Waals surface area contributed by atoms with E-state index in [2.05, 4.69) is 46.1 Å². The largest absolute Gasteiger partial charge is 0.325 e. The Morgan fingerprint density at radius 1 is 1.06 bits per heavy atom. The fraction of sp³-hybridized carbons (Fsp3) is 0.480. The Labute approximate surface area is 199 Å². The second-order valence-corrected chi connectivity index (χ2v) is 9.55. The minimum Gasteiger partial charge on any atom is -0.325 e. The second kappa shape index (κ2) is 14.3. The number of hydrogen-bond acceptors (Lipinski definition) is 4. The average molecular weight is 503 g/mol. The molecule has 166 valence electrons. The van der Waals surface area contributed by atoms with Crippen molar-refractivity contribution in [2.75, 3.05) is 11.1 Å². The van der Waals surface area contributed by atoms with Crippen molar-refractivity contribution in [2.45, 2.75) is 76.7 Å². The maximum Gasteiger partial charge on any atom is 0.234 e. The third kappa shape index (κ3) is 8.66. The number of nitrogens with one attached hydrogen (secondary N) is 1. The maximum atomic E-state index is 12.4. The van der Waals surface area contributed by atoms with E-state index in [-0.39, 0.29) is 11.7 Å². The molecule has 1 amide bonds. The molecule has 0 atom stereocenters. The van der Waals surface area contributed by atoms with Crippen molar-refractivity contribution in [2.24, 2.45) is 0 Å². The highest BCUT2D eigenvalue weighted by atomic mass is 79.9. The van der Waals surface area contributed by atoms with Crippen LogP contribution in [0, 0.1) is 11.3 Å². The molecule has 2 rings (SSSR count). The van der Waals surface area contributed by atoms with Gasteiger partial charge >= 0.3 is 0 Å². The number of nitriles is 1. The van der Waals surface area contributed by atoms with Gasteiger partial charge in [-0.3, -0.25) is 4.79 Å². The Morgan fingerprint density at radius 2 is 1.74 bits per heavy atom. The van der Waals surface area contributed by atoms with Gasteiger partial charge in [-0.2, -0.15) is 5.26 Å². The number of anilines is 1. The molecule has 1 aromatic carbocycles. The quantitative estimate of drug-likeness (QED) is 0.231. The van der Waals surface area contributed by atoms with E-state index in [4.69, 9.17) is 0 Å². The normalized spacial score (nSPS) is 10.6. The fourth-order valence-corrected chi connectivity index (χ4v) is 4.50. The van der Waals surface area contributed by atoms with E-state index in [1.165, 1.54) is 49.4 Å². The lowest BCUT2D eigenvalue weighted by molar-refractivity contribution is -0.113. The molecule has 31 heavy (non-hydrogen) atoms. The molecule has 1 aromatic heterocycles.